The standard InChI is InChI=1S/C20H24N2O2.ClH/c1-3-19(23)16-7-6-8-17(15-16)21-11-13-22(14-12-21)18-9-4-5-10-20(18)24-2;/h4-10,15H,3,11-14H2,1-2H3;1H. The average Bonchev–Trinajstić information content (AvgIpc) is 2.67. The maximum atomic E-state index is 11.9. The Kier molecular flexibility index (Phi) is 6.71. The molecule has 0 aliphatic carbocycles. The van der Waals surface area contributed by atoms with Gasteiger partial charge in [0.15, 0.2) is 5.78 Å². The highest BCUT2D eigenvalue weighted by atomic mass is 35.5. The molecule has 1 fully saturated rings. The number of rotatable bonds is 5. The minimum absolute atomic E-state index is 0. The van der Waals surface area contributed by atoms with Gasteiger partial charge in [-0.3, -0.25) is 4.79 Å². The number of anilines is 2. The molecule has 0 amide bonds. The van der Waals surface area contributed by atoms with Crippen molar-refractivity contribution in [3.63, 3.8) is 0 Å². The molecule has 0 aromatic heterocycles. The van der Waals surface area contributed by atoms with Crippen LogP contribution < -0.4 is 14.5 Å². The Labute approximate surface area is 155 Å². The monoisotopic (exact) mass is 360 g/mol. The van der Waals surface area contributed by atoms with Gasteiger partial charge >= 0.3 is 0 Å². The summed E-state index contributed by atoms with van der Waals surface area (Å²) in [6.07, 6.45) is 0.547. The molecule has 1 aliphatic rings. The Morgan fingerprint density at radius 2 is 1.68 bits per heavy atom. The number of carbonyl (C=O) groups excluding carboxylic acids is 1. The number of carbonyl (C=O) groups is 1. The Bertz CT molecular complexity index is 712. The van der Waals surface area contributed by atoms with Gasteiger partial charge in [-0.05, 0) is 24.3 Å². The number of hydrogen-bond donors (Lipinski definition) is 0. The summed E-state index contributed by atoms with van der Waals surface area (Å²) in [6.45, 7) is 5.64. The molecule has 1 heterocycles. The zero-order chi connectivity index (χ0) is 16.9. The Morgan fingerprint density at radius 1 is 1.00 bits per heavy atom. The van der Waals surface area contributed by atoms with Gasteiger partial charge in [0.25, 0.3) is 0 Å². The van der Waals surface area contributed by atoms with Gasteiger partial charge in [0.05, 0.1) is 12.8 Å². The minimum Gasteiger partial charge on any atom is -0.495 e. The first-order valence-corrected chi connectivity index (χ1v) is 8.49. The number of Topliss-reactive ketones (excluding diaryl/α,β-unsaturated/α-hetero) is 1. The fourth-order valence-corrected chi connectivity index (χ4v) is 3.18. The van der Waals surface area contributed by atoms with Crippen LogP contribution in [0.25, 0.3) is 0 Å². The van der Waals surface area contributed by atoms with E-state index in [9.17, 15) is 4.79 Å². The van der Waals surface area contributed by atoms with Gasteiger partial charge in [-0.2, -0.15) is 0 Å². The first-order chi connectivity index (χ1) is 11.7. The van der Waals surface area contributed by atoms with E-state index in [-0.39, 0.29) is 18.2 Å². The van der Waals surface area contributed by atoms with Crippen molar-refractivity contribution >= 4 is 29.6 Å². The molecule has 4 nitrogen and oxygen atoms in total. The average molecular weight is 361 g/mol. The molecule has 0 spiro atoms. The molecule has 0 N–H and O–H groups in total. The van der Waals surface area contributed by atoms with Gasteiger partial charge in [-0.25, -0.2) is 0 Å². The summed E-state index contributed by atoms with van der Waals surface area (Å²) in [7, 11) is 1.71. The van der Waals surface area contributed by atoms with E-state index in [1.165, 1.54) is 0 Å². The van der Waals surface area contributed by atoms with Gasteiger partial charge in [0, 0.05) is 43.9 Å². The third-order valence-electron chi connectivity index (χ3n) is 4.56. The van der Waals surface area contributed by atoms with Crippen molar-refractivity contribution in [3.05, 3.63) is 54.1 Å². The summed E-state index contributed by atoms with van der Waals surface area (Å²) >= 11 is 0. The third kappa shape index (κ3) is 4.26. The van der Waals surface area contributed by atoms with Crippen molar-refractivity contribution in [2.75, 3.05) is 43.1 Å². The van der Waals surface area contributed by atoms with Crippen LogP contribution in [0.1, 0.15) is 23.7 Å². The number of piperazine rings is 1. The van der Waals surface area contributed by atoms with Gasteiger partial charge in [0.1, 0.15) is 5.75 Å². The second-order valence-corrected chi connectivity index (χ2v) is 5.97. The fourth-order valence-electron chi connectivity index (χ4n) is 3.18. The first-order valence-electron chi connectivity index (χ1n) is 8.49. The summed E-state index contributed by atoms with van der Waals surface area (Å²) < 4.78 is 5.47. The highest BCUT2D eigenvalue weighted by Gasteiger charge is 2.20. The lowest BCUT2D eigenvalue weighted by Gasteiger charge is -2.38. The molecule has 0 atom stereocenters. The van der Waals surface area contributed by atoms with Crippen molar-refractivity contribution in [2.45, 2.75) is 13.3 Å². The lowest BCUT2D eigenvalue weighted by atomic mass is 10.1. The molecule has 0 saturated carbocycles. The zero-order valence-electron chi connectivity index (χ0n) is 14.8. The Morgan fingerprint density at radius 3 is 2.36 bits per heavy atom. The van der Waals surface area contributed by atoms with Gasteiger partial charge < -0.3 is 14.5 Å². The molecule has 0 bridgehead atoms. The fraction of sp³-hybridized carbons (Fsp3) is 0.350. The maximum Gasteiger partial charge on any atom is 0.162 e. The van der Waals surface area contributed by atoms with Crippen LogP contribution in [0.15, 0.2) is 48.5 Å². The van der Waals surface area contributed by atoms with E-state index in [1.54, 1.807) is 7.11 Å². The second-order valence-electron chi connectivity index (χ2n) is 5.97. The molecular weight excluding hydrogens is 336 g/mol. The number of nitrogens with zero attached hydrogens (tertiary/aromatic N) is 2. The molecule has 2 aromatic carbocycles. The molecule has 0 unspecified atom stereocenters. The summed E-state index contributed by atoms with van der Waals surface area (Å²) in [4.78, 5) is 16.6. The predicted molar refractivity (Wildman–Crippen MR) is 106 cm³/mol. The van der Waals surface area contributed by atoms with Crippen LogP contribution in [0, 0.1) is 0 Å². The second kappa shape index (κ2) is 8.77. The summed E-state index contributed by atoms with van der Waals surface area (Å²) in [6, 6.07) is 16.1. The number of benzene rings is 2. The number of hydrogen-bond acceptors (Lipinski definition) is 4. The number of methoxy groups -OCH3 is 1. The summed E-state index contributed by atoms with van der Waals surface area (Å²) in [5, 5.41) is 0. The van der Waals surface area contributed by atoms with E-state index in [4.69, 9.17) is 4.74 Å². The number of ether oxygens (including phenoxy) is 1. The summed E-state index contributed by atoms with van der Waals surface area (Å²) in [5.74, 6) is 1.12. The van der Waals surface area contributed by atoms with E-state index in [1.807, 2.05) is 43.3 Å². The third-order valence-corrected chi connectivity index (χ3v) is 4.56. The summed E-state index contributed by atoms with van der Waals surface area (Å²) in [5.41, 5.74) is 3.09. The van der Waals surface area contributed by atoms with Gasteiger partial charge in [0.2, 0.25) is 0 Å². The smallest absolute Gasteiger partial charge is 0.162 e. The number of ketones is 1. The first kappa shape index (κ1) is 19.1. The van der Waals surface area contributed by atoms with Crippen molar-refractivity contribution in [2.24, 2.45) is 0 Å². The molecule has 5 heteroatoms. The molecular formula is C20H25ClN2O2. The molecule has 3 rings (SSSR count). The normalized spacial score (nSPS) is 14.0. The zero-order valence-corrected chi connectivity index (χ0v) is 15.6. The van der Waals surface area contributed by atoms with Crippen LogP contribution in [0.5, 0.6) is 5.75 Å². The maximum absolute atomic E-state index is 11.9. The van der Waals surface area contributed by atoms with Gasteiger partial charge in [-0.1, -0.05) is 31.2 Å². The predicted octanol–water partition coefficient (Wildman–Crippen LogP) is 4.04. The van der Waals surface area contributed by atoms with Crippen LogP contribution in [0.3, 0.4) is 0 Å². The van der Waals surface area contributed by atoms with Crippen LogP contribution in [0.2, 0.25) is 0 Å². The van der Waals surface area contributed by atoms with Crippen LogP contribution in [-0.2, 0) is 0 Å². The number of para-hydroxylation sites is 2. The topological polar surface area (TPSA) is 32.8 Å². The van der Waals surface area contributed by atoms with Crippen LogP contribution >= 0.6 is 12.4 Å². The molecule has 2 aromatic rings. The van der Waals surface area contributed by atoms with E-state index in [0.29, 0.717) is 6.42 Å². The molecule has 1 aliphatic heterocycles. The molecule has 0 radical (unpaired) electrons. The van der Waals surface area contributed by atoms with Crippen molar-refractivity contribution < 1.29 is 9.53 Å². The lowest BCUT2D eigenvalue weighted by molar-refractivity contribution is 0.0988. The largest absolute Gasteiger partial charge is 0.495 e. The SMILES string of the molecule is CCC(=O)c1cccc(N2CCN(c3ccccc3OC)CC2)c1.Cl. The Balaban J connectivity index is 0.00000225. The molecule has 1 saturated heterocycles. The minimum atomic E-state index is 0. The Hall–Kier alpha value is -2.20. The van der Waals surface area contributed by atoms with Gasteiger partial charge in [-0.15, -0.1) is 12.4 Å². The van der Waals surface area contributed by atoms with Crippen molar-refractivity contribution in [1.82, 2.24) is 0 Å². The van der Waals surface area contributed by atoms with E-state index >= 15 is 0 Å². The lowest BCUT2D eigenvalue weighted by Crippen LogP contribution is -2.46. The van der Waals surface area contributed by atoms with Crippen LogP contribution in [0.4, 0.5) is 11.4 Å². The number of halogens is 1. The van der Waals surface area contributed by atoms with E-state index in [2.05, 4.69) is 21.9 Å². The van der Waals surface area contributed by atoms with Crippen molar-refractivity contribution in [1.29, 1.82) is 0 Å². The van der Waals surface area contributed by atoms with Crippen LogP contribution in [-0.4, -0.2) is 39.1 Å². The highest BCUT2D eigenvalue weighted by Crippen LogP contribution is 2.29. The molecule has 25 heavy (non-hydrogen) atoms. The highest BCUT2D eigenvalue weighted by molar-refractivity contribution is 5.96. The van der Waals surface area contributed by atoms with E-state index in [0.717, 1.165) is 48.9 Å². The van der Waals surface area contributed by atoms with E-state index < -0.39 is 0 Å². The quantitative estimate of drug-likeness (QED) is 0.753. The molecule has 134 valence electrons. The van der Waals surface area contributed by atoms with Crippen molar-refractivity contribution in [3.8, 4) is 5.75 Å².